The number of aromatic nitrogens is 3. The largest absolute Gasteiger partial charge is 0.368 e. The molecule has 0 aliphatic carbocycles. The minimum atomic E-state index is -3.70. The van der Waals surface area contributed by atoms with E-state index in [1.54, 1.807) is 17.8 Å². The molecular formula is C16H20ClN5O2S. The fourth-order valence-corrected chi connectivity index (χ4v) is 4.46. The number of rotatable bonds is 3. The average Bonchev–Trinajstić information content (AvgIpc) is 3.22. The van der Waals surface area contributed by atoms with Crippen LogP contribution in [0.2, 0.25) is 0 Å². The molecule has 1 N–H and O–H groups in total. The summed E-state index contributed by atoms with van der Waals surface area (Å²) >= 11 is 0. The number of imidazole rings is 1. The van der Waals surface area contributed by atoms with Crippen LogP contribution in [-0.4, -0.2) is 48.1 Å². The van der Waals surface area contributed by atoms with Gasteiger partial charge in [0.15, 0.2) is 5.03 Å². The van der Waals surface area contributed by atoms with Crippen molar-refractivity contribution in [1.29, 1.82) is 0 Å². The van der Waals surface area contributed by atoms with Gasteiger partial charge in [-0.2, -0.15) is 8.42 Å². The van der Waals surface area contributed by atoms with Gasteiger partial charge in [-0.15, -0.1) is 12.4 Å². The molecule has 25 heavy (non-hydrogen) atoms. The molecule has 0 unspecified atom stereocenters. The molecule has 7 nitrogen and oxygen atoms in total. The molecule has 2 aromatic heterocycles. The van der Waals surface area contributed by atoms with Gasteiger partial charge in [-0.05, 0) is 18.2 Å². The van der Waals surface area contributed by atoms with E-state index in [1.807, 2.05) is 24.3 Å². The molecule has 1 aliphatic heterocycles. The lowest BCUT2D eigenvalue weighted by molar-refractivity contribution is 0.585. The minimum Gasteiger partial charge on any atom is -0.368 e. The molecule has 0 atom stereocenters. The lowest BCUT2D eigenvalue weighted by Crippen LogP contribution is -2.43. The SMILES string of the molecule is Cl.Cn1cnc(S(=O)(=O)n2ccc3c(N4CCNCC4)cccc32)c1. The van der Waals surface area contributed by atoms with Crippen molar-refractivity contribution in [3.05, 3.63) is 43.0 Å². The van der Waals surface area contributed by atoms with Crippen LogP contribution in [-0.2, 0) is 17.1 Å². The number of nitrogens with one attached hydrogen (secondary N) is 1. The Hall–Kier alpha value is -2.03. The summed E-state index contributed by atoms with van der Waals surface area (Å²) in [5.41, 5.74) is 1.75. The van der Waals surface area contributed by atoms with Crippen molar-refractivity contribution in [3.8, 4) is 0 Å². The van der Waals surface area contributed by atoms with Crippen molar-refractivity contribution >= 4 is 39.0 Å². The Labute approximate surface area is 152 Å². The predicted octanol–water partition coefficient (Wildman–Crippen LogP) is 1.44. The lowest BCUT2D eigenvalue weighted by Gasteiger charge is -2.30. The summed E-state index contributed by atoms with van der Waals surface area (Å²) in [6.07, 6.45) is 4.62. The van der Waals surface area contributed by atoms with E-state index in [2.05, 4.69) is 15.2 Å². The average molecular weight is 382 g/mol. The summed E-state index contributed by atoms with van der Waals surface area (Å²) in [6, 6.07) is 7.66. The Morgan fingerprint density at radius 2 is 1.92 bits per heavy atom. The summed E-state index contributed by atoms with van der Waals surface area (Å²) in [5, 5.41) is 4.33. The smallest absolute Gasteiger partial charge is 0.287 e. The molecule has 9 heteroatoms. The number of anilines is 1. The van der Waals surface area contributed by atoms with Crippen LogP contribution < -0.4 is 10.2 Å². The fraction of sp³-hybridized carbons (Fsp3) is 0.312. The van der Waals surface area contributed by atoms with E-state index in [1.165, 1.54) is 16.5 Å². The van der Waals surface area contributed by atoms with Crippen LogP contribution in [0.5, 0.6) is 0 Å². The van der Waals surface area contributed by atoms with Crippen LogP contribution in [0, 0.1) is 0 Å². The number of piperazine rings is 1. The third-order valence-corrected chi connectivity index (χ3v) is 5.91. The number of aryl methyl sites for hydroxylation is 1. The molecule has 0 spiro atoms. The van der Waals surface area contributed by atoms with Crippen molar-refractivity contribution in [2.45, 2.75) is 5.03 Å². The van der Waals surface area contributed by atoms with E-state index in [-0.39, 0.29) is 17.4 Å². The zero-order valence-electron chi connectivity index (χ0n) is 13.8. The number of benzene rings is 1. The molecule has 1 saturated heterocycles. The first-order valence-corrected chi connectivity index (χ1v) is 9.31. The van der Waals surface area contributed by atoms with Crippen LogP contribution >= 0.6 is 12.4 Å². The first-order valence-electron chi connectivity index (χ1n) is 7.87. The van der Waals surface area contributed by atoms with Gasteiger partial charge in [-0.25, -0.2) is 8.96 Å². The Balaban J connectivity index is 0.00000182. The number of hydrogen-bond donors (Lipinski definition) is 1. The van der Waals surface area contributed by atoms with Crippen molar-refractivity contribution in [2.24, 2.45) is 7.05 Å². The molecule has 1 aliphatic rings. The van der Waals surface area contributed by atoms with Gasteiger partial charge >= 0.3 is 0 Å². The maximum Gasteiger partial charge on any atom is 0.287 e. The van der Waals surface area contributed by atoms with Crippen LogP contribution in [0.1, 0.15) is 0 Å². The first kappa shape index (κ1) is 17.8. The zero-order valence-corrected chi connectivity index (χ0v) is 15.4. The zero-order chi connectivity index (χ0) is 16.7. The third kappa shape index (κ3) is 3.01. The second-order valence-corrected chi connectivity index (χ2v) is 7.70. The molecule has 0 bridgehead atoms. The van der Waals surface area contributed by atoms with Gasteiger partial charge in [0.05, 0.1) is 11.8 Å². The van der Waals surface area contributed by atoms with Crippen molar-refractivity contribution in [2.75, 3.05) is 31.1 Å². The highest BCUT2D eigenvalue weighted by molar-refractivity contribution is 7.90. The van der Waals surface area contributed by atoms with Crippen molar-refractivity contribution in [1.82, 2.24) is 18.8 Å². The molecule has 1 fully saturated rings. The van der Waals surface area contributed by atoms with Gasteiger partial charge in [-0.3, -0.25) is 0 Å². The molecule has 1 aromatic carbocycles. The van der Waals surface area contributed by atoms with Crippen LogP contribution in [0.3, 0.4) is 0 Å². The molecule has 3 aromatic rings. The quantitative estimate of drug-likeness (QED) is 0.743. The van der Waals surface area contributed by atoms with Crippen LogP contribution in [0.15, 0.2) is 48.0 Å². The van der Waals surface area contributed by atoms with Gasteiger partial charge in [0, 0.05) is 56.7 Å². The number of fused-ring (bicyclic) bond motifs is 1. The Bertz CT molecular complexity index is 989. The van der Waals surface area contributed by atoms with Gasteiger partial charge in [0.2, 0.25) is 0 Å². The standard InChI is InChI=1S/C16H19N5O2S.ClH/c1-19-11-16(18-12-19)24(22,23)21-8-5-13-14(3-2-4-15(13)21)20-9-6-17-7-10-20;/h2-5,8,11-12,17H,6-7,9-10H2,1H3;1H. The topological polar surface area (TPSA) is 72.2 Å². The molecule has 0 amide bonds. The number of hydrogen-bond acceptors (Lipinski definition) is 5. The van der Waals surface area contributed by atoms with Gasteiger partial charge in [0.1, 0.15) is 0 Å². The number of halogens is 1. The number of nitrogens with zero attached hydrogens (tertiary/aromatic N) is 4. The van der Waals surface area contributed by atoms with E-state index >= 15 is 0 Å². The summed E-state index contributed by atoms with van der Waals surface area (Å²) in [4.78, 5) is 6.29. The highest BCUT2D eigenvalue weighted by atomic mass is 35.5. The monoisotopic (exact) mass is 381 g/mol. The van der Waals surface area contributed by atoms with Gasteiger partial charge in [-0.1, -0.05) is 6.07 Å². The van der Waals surface area contributed by atoms with Crippen LogP contribution in [0.4, 0.5) is 5.69 Å². The lowest BCUT2D eigenvalue weighted by atomic mass is 10.2. The minimum absolute atomic E-state index is 0. The molecule has 4 rings (SSSR count). The molecule has 0 saturated carbocycles. The van der Waals surface area contributed by atoms with E-state index in [0.29, 0.717) is 5.52 Å². The van der Waals surface area contributed by atoms with Gasteiger partial charge < -0.3 is 14.8 Å². The maximum absolute atomic E-state index is 12.9. The molecular weight excluding hydrogens is 362 g/mol. The first-order chi connectivity index (χ1) is 11.6. The summed E-state index contributed by atoms with van der Waals surface area (Å²) in [7, 11) is -1.94. The second kappa shape index (κ2) is 6.70. The molecule has 134 valence electrons. The Morgan fingerprint density at radius 1 is 1.16 bits per heavy atom. The van der Waals surface area contributed by atoms with Crippen molar-refractivity contribution in [3.63, 3.8) is 0 Å². The maximum atomic E-state index is 12.9. The molecule has 0 radical (unpaired) electrons. The Kier molecular flexibility index (Phi) is 4.77. The van der Waals surface area contributed by atoms with Gasteiger partial charge in [0.25, 0.3) is 10.0 Å². The second-order valence-electron chi connectivity index (χ2n) is 5.94. The third-order valence-electron chi connectivity index (χ3n) is 4.34. The van der Waals surface area contributed by atoms with E-state index in [4.69, 9.17) is 0 Å². The summed E-state index contributed by atoms with van der Waals surface area (Å²) < 4.78 is 28.7. The highest BCUT2D eigenvalue weighted by Crippen LogP contribution is 2.30. The normalized spacial score (nSPS) is 15.3. The van der Waals surface area contributed by atoms with E-state index < -0.39 is 10.0 Å². The highest BCUT2D eigenvalue weighted by Gasteiger charge is 2.23. The van der Waals surface area contributed by atoms with E-state index in [0.717, 1.165) is 37.3 Å². The molecule has 3 heterocycles. The Morgan fingerprint density at radius 3 is 2.60 bits per heavy atom. The predicted molar refractivity (Wildman–Crippen MR) is 100 cm³/mol. The fourth-order valence-electron chi connectivity index (χ4n) is 3.14. The van der Waals surface area contributed by atoms with Crippen molar-refractivity contribution < 1.29 is 8.42 Å². The summed E-state index contributed by atoms with van der Waals surface area (Å²) in [5.74, 6) is 0. The summed E-state index contributed by atoms with van der Waals surface area (Å²) in [6.45, 7) is 3.70. The van der Waals surface area contributed by atoms with E-state index in [9.17, 15) is 8.42 Å². The van der Waals surface area contributed by atoms with Crippen LogP contribution in [0.25, 0.3) is 10.9 Å².